The zero-order valence-electron chi connectivity index (χ0n) is 19.2. The van der Waals surface area contributed by atoms with Gasteiger partial charge in [0, 0.05) is 6.54 Å². The van der Waals surface area contributed by atoms with Crippen LogP contribution in [0, 0.1) is 13.8 Å². The lowest BCUT2D eigenvalue weighted by Gasteiger charge is -2.25. The summed E-state index contributed by atoms with van der Waals surface area (Å²) in [6.07, 6.45) is 1.51. The second-order valence-electron chi connectivity index (χ2n) is 7.92. The van der Waals surface area contributed by atoms with Crippen molar-refractivity contribution in [1.82, 2.24) is 5.32 Å². The van der Waals surface area contributed by atoms with Gasteiger partial charge < -0.3 is 10.1 Å². The molecule has 0 heterocycles. The number of amides is 1. The number of carbonyl (C=O) groups excluding carboxylic acids is 1. The number of sulfonamides is 1. The molecule has 0 spiro atoms. The molecule has 0 aliphatic rings. The maximum atomic E-state index is 13.4. The topological polar surface area (TPSA) is 75.7 Å². The van der Waals surface area contributed by atoms with E-state index in [0.717, 1.165) is 35.3 Å². The smallest absolute Gasteiger partial charge is 0.264 e. The van der Waals surface area contributed by atoms with Crippen LogP contribution in [-0.4, -0.2) is 34.5 Å². The van der Waals surface area contributed by atoms with Gasteiger partial charge in [0.15, 0.2) is 0 Å². The van der Waals surface area contributed by atoms with Crippen molar-refractivity contribution < 1.29 is 17.9 Å². The molecule has 3 aromatic carbocycles. The summed E-state index contributed by atoms with van der Waals surface area (Å²) >= 11 is 0. The van der Waals surface area contributed by atoms with E-state index in [9.17, 15) is 13.2 Å². The molecule has 0 aliphatic carbocycles. The Kier molecular flexibility index (Phi) is 8.11. The highest BCUT2D eigenvalue weighted by molar-refractivity contribution is 7.92. The van der Waals surface area contributed by atoms with E-state index in [0.29, 0.717) is 12.2 Å². The van der Waals surface area contributed by atoms with Crippen LogP contribution in [0.15, 0.2) is 77.7 Å². The number of hydrogen-bond donors (Lipinski definition) is 1. The van der Waals surface area contributed by atoms with E-state index in [4.69, 9.17) is 4.74 Å². The molecule has 0 radical (unpaired) electrons. The number of nitrogens with one attached hydrogen (secondary N) is 1. The van der Waals surface area contributed by atoms with Crippen LogP contribution in [0.2, 0.25) is 0 Å². The molecule has 0 unspecified atom stereocenters. The van der Waals surface area contributed by atoms with E-state index in [-0.39, 0.29) is 17.3 Å². The maximum Gasteiger partial charge on any atom is 0.264 e. The van der Waals surface area contributed by atoms with E-state index < -0.39 is 10.0 Å². The van der Waals surface area contributed by atoms with Crippen molar-refractivity contribution >= 4 is 21.6 Å². The zero-order valence-corrected chi connectivity index (χ0v) is 20.1. The van der Waals surface area contributed by atoms with E-state index >= 15 is 0 Å². The average molecular weight is 467 g/mol. The third kappa shape index (κ3) is 6.35. The first kappa shape index (κ1) is 24.3. The molecule has 0 aliphatic heterocycles. The Bertz CT molecular complexity index is 1190. The van der Waals surface area contributed by atoms with Crippen molar-refractivity contribution in [3.8, 4) is 5.75 Å². The van der Waals surface area contributed by atoms with Gasteiger partial charge in [-0.2, -0.15) is 0 Å². The predicted octanol–water partition coefficient (Wildman–Crippen LogP) is 4.26. The van der Waals surface area contributed by atoms with Crippen LogP contribution < -0.4 is 14.4 Å². The SMILES string of the molecule is COc1cccc(CCCNC(=O)CN(c2ccccc2C)S(=O)(=O)c2ccc(C)cc2)c1. The Labute approximate surface area is 196 Å². The maximum absolute atomic E-state index is 13.4. The highest BCUT2D eigenvalue weighted by atomic mass is 32.2. The Hall–Kier alpha value is -3.32. The molecule has 3 aromatic rings. The molecule has 174 valence electrons. The molecule has 0 fully saturated rings. The second-order valence-corrected chi connectivity index (χ2v) is 9.78. The monoisotopic (exact) mass is 466 g/mol. The van der Waals surface area contributed by atoms with Crippen LogP contribution >= 0.6 is 0 Å². The summed E-state index contributed by atoms with van der Waals surface area (Å²) in [5, 5.41) is 2.86. The van der Waals surface area contributed by atoms with Gasteiger partial charge in [-0.3, -0.25) is 9.10 Å². The Morgan fingerprint density at radius 1 is 0.970 bits per heavy atom. The fourth-order valence-electron chi connectivity index (χ4n) is 3.51. The number of para-hydroxylation sites is 1. The largest absolute Gasteiger partial charge is 0.497 e. The molecule has 0 saturated carbocycles. The molecule has 0 saturated heterocycles. The molecule has 0 aromatic heterocycles. The minimum absolute atomic E-state index is 0.155. The fourth-order valence-corrected chi connectivity index (χ4v) is 5.00. The zero-order chi connectivity index (χ0) is 23.8. The highest BCUT2D eigenvalue weighted by Gasteiger charge is 2.28. The van der Waals surface area contributed by atoms with Crippen molar-refractivity contribution in [2.45, 2.75) is 31.6 Å². The molecule has 33 heavy (non-hydrogen) atoms. The van der Waals surface area contributed by atoms with Crippen LogP contribution in [0.25, 0.3) is 0 Å². The lowest BCUT2D eigenvalue weighted by Crippen LogP contribution is -2.41. The molecular formula is C26H30N2O4S. The van der Waals surface area contributed by atoms with Crippen molar-refractivity contribution in [3.05, 3.63) is 89.5 Å². The van der Waals surface area contributed by atoms with Gasteiger partial charge >= 0.3 is 0 Å². The van der Waals surface area contributed by atoms with Gasteiger partial charge in [-0.15, -0.1) is 0 Å². The summed E-state index contributed by atoms with van der Waals surface area (Å²) in [4.78, 5) is 12.9. The number of hydrogen-bond acceptors (Lipinski definition) is 4. The molecule has 1 amide bonds. The molecule has 0 atom stereocenters. The first-order valence-corrected chi connectivity index (χ1v) is 12.3. The van der Waals surface area contributed by atoms with Gasteiger partial charge in [-0.25, -0.2) is 8.42 Å². The van der Waals surface area contributed by atoms with Crippen LogP contribution in [0.3, 0.4) is 0 Å². The predicted molar refractivity (Wildman–Crippen MR) is 131 cm³/mol. The lowest BCUT2D eigenvalue weighted by atomic mass is 10.1. The molecule has 6 nitrogen and oxygen atoms in total. The van der Waals surface area contributed by atoms with E-state index in [1.165, 1.54) is 4.31 Å². The molecule has 0 bridgehead atoms. The van der Waals surface area contributed by atoms with E-state index in [1.807, 2.05) is 50.2 Å². The summed E-state index contributed by atoms with van der Waals surface area (Å²) in [6, 6.07) is 21.6. The molecule has 7 heteroatoms. The van der Waals surface area contributed by atoms with E-state index in [2.05, 4.69) is 5.32 Å². The summed E-state index contributed by atoms with van der Waals surface area (Å²) in [6.45, 7) is 3.88. The van der Waals surface area contributed by atoms with Gasteiger partial charge in [0.05, 0.1) is 17.7 Å². The Balaban J connectivity index is 1.70. The van der Waals surface area contributed by atoms with Crippen molar-refractivity contribution in [3.63, 3.8) is 0 Å². The van der Waals surface area contributed by atoms with Crippen LogP contribution in [0.4, 0.5) is 5.69 Å². The second kappa shape index (κ2) is 11.0. The number of carbonyl (C=O) groups is 1. The minimum atomic E-state index is -3.91. The molecule has 1 N–H and O–H groups in total. The number of aryl methyl sites for hydroxylation is 3. The third-order valence-corrected chi connectivity index (χ3v) is 7.15. The first-order valence-electron chi connectivity index (χ1n) is 10.9. The average Bonchev–Trinajstić information content (AvgIpc) is 2.81. The number of methoxy groups -OCH3 is 1. The van der Waals surface area contributed by atoms with E-state index in [1.54, 1.807) is 43.5 Å². The lowest BCUT2D eigenvalue weighted by molar-refractivity contribution is -0.119. The van der Waals surface area contributed by atoms with Gasteiger partial charge in [0.1, 0.15) is 12.3 Å². The number of rotatable bonds is 10. The van der Waals surface area contributed by atoms with Gasteiger partial charge in [0.25, 0.3) is 10.0 Å². The van der Waals surface area contributed by atoms with Crippen molar-refractivity contribution in [2.75, 3.05) is 24.5 Å². The number of benzene rings is 3. The van der Waals surface area contributed by atoms with Crippen LogP contribution in [0.1, 0.15) is 23.1 Å². The third-order valence-electron chi connectivity index (χ3n) is 5.38. The van der Waals surface area contributed by atoms with Gasteiger partial charge in [-0.05, 0) is 68.1 Å². The Morgan fingerprint density at radius 3 is 2.39 bits per heavy atom. The first-order chi connectivity index (χ1) is 15.8. The highest BCUT2D eigenvalue weighted by Crippen LogP contribution is 2.26. The normalized spacial score (nSPS) is 11.1. The van der Waals surface area contributed by atoms with Crippen molar-refractivity contribution in [2.24, 2.45) is 0 Å². The summed E-state index contributed by atoms with van der Waals surface area (Å²) in [5.74, 6) is 0.450. The summed E-state index contributed by atoms with van der Waals surface area (Å²) in [5.41, 5.74) is 3.35. The standard InChI is InChI=1S/C26H30N2O4S/c1-20-13-15-24(16-14-20)33(30,31)28(25-12-5-4-8-21(25)2)19-26(29)27-17-7-10-22-9-6-11-23(18-22)32-3/h4-6,8-9,11-16,18H,7,10,17,19H2,1-3H3,(H,27,29). The van der Waals surface area contributed by atoms with Gasteiger partial charge in [-0.1, -0.05) is 48.0 Å². The quantitative estimate of drug-likeness (QED) is 0.453. The Morgan fingerprint density at radius 2 is 1.70 bits per heavy atom. The van der Waals surface area contributed by atoms with Gasteiger partial charge in [0.2, 0.25) is 5.91 Å². The summed E-state index contributed by atoms with van der Waals surface area (Å²) in [7, 11) is -2.28. The summed E-state index contributed by atoms with van der Waals surface area (Å²) < 4.78 is 33.3. The minimum Gasteiger partial charge on any atom is -0.497 e. The molecule has 3 rings (SSSR count). The van der Waals surface area contributed by atoms with Crippen LogP contribution in [0.5, 0.6) is 5.75 Å². The number of ether oxygens (including phenoxy) is 1. The molecular weight excluding hydrogens is 436 g/mol. The number of nitrogens with zero attached hydrogens (tertiary/aromatic N) is 1. The van der Waals surface area contributed by atoms with Crippen LogP contribution in [-0.2, 0) is 21.2 Å². The number of anilines is 1. The van der Waals surface area contributed by atoms with Crippen molar-refractivity contribution in [1.29, 1.82) is 0 Å². The fraction of sp³-hybridized carbons (Fsp3) is 0.269.